The number of piperazine rings is 1. The minimum absolute atomic E-state index is 0.416. The zero-order valence-electron chi connectivity index (χ0n) is 13.1. The molecule has 1 unspecified atom stereocenters. The van der Waals surface area contributed by atoms with Gasteiger partial charge < -0.3 is 5.32 Å². The van der Waals surface area contributed by atoms with E-state index in [-0.39, 0.29) is 0 Å². The van der Waals surface area contributed by atoms with Crippen molar-refractivity contribution < 1.29 is 0 Å². The van der Waals surface area contributed by atoms with E-state index in [1.165, 1.54) is 61.7 Å². The van der Waals surface area contributed by atoms with E-state index in [2.05, 4.69) is 57.3 Å². The smallest absolute Gasteiger partial charge is 0.0309 e. The Morgan fingerprint density at radius 2 is 1.95 bits per heavy atom. The summed E-state index contributed by atoms with van der Waals surface area (Å²) in [5.74, 6) is 0. The third-order valence-corrected chi connectivity index (χ3v) is 5.74. The third kappa shape index (κ3) is 3.69. The van der Waals surface area contributed by atoms with Crippen molar-refractivity contribution in [2.45, 2.75) is 63.6 Å². The van der Waals surface area contributed by atoms with Crippen molar-refractivity contribution >= 4 is 15.9 Å². The van der Waals surface area contributed by atoms with Crippen molar-refractivity contribution in [1.29, 1.82) is 0 Å². The molecule has 1 spiro atoms. The number of halogens is 1. The van der Waals surface area contributed by atoms with Crippen LogP contribution >= 0.6 is 15.9 Å². The summed E-state index contributed by atoms with van der Waals surface area (Å²) in [7, 11) is 0. The highest BCUT2D eigenvalue weighted by atomic mass is 79.9. The van der Waals surface area contributed by atoms with Crippen LogP contribution in [0.4, 0.5) is 0 Å². The normalized spacial score (nSPS) is 25.5. The van der Waals surface area contributed by atoms with Crippen molar-refractivity contribution in [3.63, 3.8) is 0 Å². The Balaban J connectivity index is 1.72. The first-order chi connectivity index (χ1) is 10.2. The van der Waals surface area contributed by atoms with Crippen LogP contribution in [0, 0.1) is 0 Å². The van der Waals surface area contributed by atoms with Crippen LogP contribution in [-0.4, -0.2) is 29.6 Å². The van der Waals surface area contributed by atoms with Gasteiger partial charge in [-0.05, 0) is 37.0 Å². The summed E-state index contributed by atoms with van der Waals surface area (Å²) < 4.78 is 1.17. The van der Waals surface area contributed by atoms with Gasteiger partial charge in [0.05, 0.1) is 0 Å². The molecule has 1 aromatic rings. The van der Waals surface area contributed by atoms with Crippen LogP contribution in [0.15, 0.2) is 28.7 Å². The van der Waals surface area contributed by atoms with Crippen LogP contribution in [-0.2, 0) is 6.54 Å². The first-order valence-corrected chi connectivity index (χ1v) is 9.24. The number of benzene rings is 1. The molecule has 21 heavy (non-hydrogen) atoms. The van der Waals surface area contributed by atoms with E-state index in [1.807, 2.05) is 0 Å². The summed E-state index contributed by atoms with van der Waals surface area (Å²) in [6.07, 6.45) is 8.11. The quantitative estimate of drug-likeness (QED) is 0.868. The number of hydrogen-bond acceptors (Lipinski definition) is 2. The highest BCUT2D eigenvalue weighted by molar-refractivity contribution is 9.10. The van der Waals surface area contributed by atoms with Crippen molar-refractivity contribution in [3.05, 3.63) is 34.3 Å². The molecular formula is C18H27BrN2. The maximum Gasteiger partial charge on any atom is 0.0309 e. The lowest BCUT2D eigenvalue weighted by molar-refractivity contribution is 0.0690. The van der Waals surface area contributed by atoms with Gasteiger partial charge in [0.15, 0.2) is 0 Å². The maximum atomic E-state index is 3.91. The molecule has 2 fully saturated rings. The Morgan fingerprint density at radius 3 is 2.62 bits per heavy atom. The molecule has 0 aromatic heterocycles. The van der Waals surface area contributed by atoms with E-state index >= 15 is 0 Å². The molecule has 3 rings (SSSR count). The third-order valence-electron chi connectivity index (χ3n) is 5.22. The molecule has 0 bridgehead atoms. The number of rotatable bonds is 4. The first-order valence-electron chi connectivity index (χ1n) is 8.44. The Hall–Kier alpha value is -0.380. The van der Waals surface area contributed by atoms with Gasteiger partial charge in [0.1, 0.15) is 0 Å². The minimum atomic E-state index is 0.416. The lowest BCUT2D eigenvalue weighted by Crippen LogP contribution is -2.62. The number of hydrogen-bond donors (Lipinski definition) is 1. The maximum absolute atomic E-state index is 3.91. The second-order valence-electron chi connectivity index (χ2n) is 6.84. The molecule has 116 valence electrons. The standard InChI is InChI=1S/C18H27BrN2/c1-2-5-17-12-20-18(10-3-4-11-18)14-21(17)13-15-6-8-16(19)9-7-15/h6-9,17,20H,2-5,10-14H2,1H3. The van der Waals surface area contributed by atoms with E-state index in [4.69, 9.17) is 0 Å². The van der Waals surface area contributed by atoms with Crippen LogP contribution in [0.2, 0.25) is 0 Å². The van der Waals surface area contributed by atoms with E-state index in [0.29, 0.717) is 11.6 Å². The first kappa shape index (κ1) is 15.5. The largest absolute Gasteiger partial charge is 0.308 e. The molecular weight excluding hydrogens is 324 g/mol. The molecule has 1 saturated heterocycles. The SMILES string of the molecule is CCCC1CNC2(CCCC2)CN1Cc1ccc(Br)cc1. The fourth-order valence-electron chi connectivity index (χ4n) is 4.05. The van der Waals surface area contributed by atoms with Crippen LogP contribution in [0.1, 0.15) is 51.0 Å². The lowest BCUT2D eigenvalue weighted by atomic mass is 9.91. The van der Waals surface area contributed by atoms with Crippen molar-refractivity contribution in [1.82, 2.24) is 10.2 Å². The van der Waals surface area contributed by atoms with Gasteiger partial charge in [-0.3, -0.25) is 4.90 Å². The predicted molar refractivity (Wildman–Crippen MR) is 92.4 cm³/mol. The van der Waals surface area contributed by atoms with Gasteiger partial charge in [0.2, 0.25) is 0 Å². The van der Waals surface area contributed by atoms with Crippen LogP contribution < -0.4 is 5.32 Å². The molecule has 1 aromatic carbocycles. The predicted octanol–water partition coefficient (Wildman–Crippen LogP) is 4.34. The van der Waals surface area contributed by atoms with E-state index < -0.39 is 0 Å². The average molecular weight is 351 g/mol. The second-order valence-corrected chi connectivity index (χ2v) is 7.76. The fraction of sp³-hybridized carbons (Fsp3) is 0.667. The molecule has 1 saturated carbocycles. The Morgan fingerprint density at radius 1 is 1.24 bits per heavy atom. The molecule has 2 nitrogen and oxygen atoms in total. The van der Waals surface area contributed by atoms with E-state index in [9.17, 15) is 0 Å². The minimum Gasteiger partial charge on any atom is -0.308 e. The van der Waals surface area contributed by atoms with E-state index in [1.54, 1.807) is 0 Å². The van der Waals surface area contributed by atoms with Crippen molar-refractivity contribution in [3.8, 4) is 0 Å². The molecule has 1 heterocycles. The van der Waals surface area contributed by atoms with Gasteiger partial charge in [0.25, 0.3) is 0 Å². The summed E-state index contributed by atoms with van der Waals surface area (Å²) in [5.41, 5.74) is 1.86. The highest BCUT2D eigenvalue weighted by Gasteiger charge is 2.40. The van der Waals surface area contributed by atoms with Gasteiger partial charge in [-0.15, -0.1) is 0 Å². The molecule has 3 heteroatoms. The summed E-state index contributed by atoms with van der Waals surface area (Å²) in [5, 5.41) is 3.91. The molecule has 1 aliphatic heterocycles. The summed E-state index contributed by atoms with van der Waals surface area (Å²) in [6, 6.07) is 9.55. The molecule has 1 N–H and O–H groups in total. The molecule has 1 atom stereocenters. The Bertz CT molecular complexity index is 451. The zero-order chi connectivity index (χ0) is 14.7. The number of nitrogens with one attached hydrogen (secondary N) is 1. The molecule has 0 radical (unpaired) electrons. The second kappa shape index (κ2) is 6.80. The van der Waals surface area contributed by atoms with E-state index in [0.717, 1.165) is 6.54 Å². The van der Waals surface area contributed by atoms with Gasteiger partial charge >= 0.3 is 0 Å². The Kier molecular flexibility index (Phi) is 5.03. The average Bonchev–Trinajstić information content (AvgIpc) is 2.93. The molecule has 1 aliphatic carbocycles. The van der Waals surface area contributed by atoms with Gasteiger partial charge in [-0.2, -0.15) is 0 Å². The van der Waals surface area contributed by atoms with Gasteiger partial charge in [-0.25, -0.2) is 0 Å². The van der Waals surface area contributed by atoms with Crippen LogP contribution in [0.25, 0.3) is 0 Å². The molecule has 2 aliphatic rings. The fourth-order valence-corrected chi connectivity index (χ4v) is 4.32. The Labute approximate surface area is 137 Å². The monoisotopic (exact) mass is 350 g/mol. The van der Waals surface area contributed by atoms with Crippen LogP contribution in [0.3, 0.4) is 0 Å². The lowest BCUT2D eigenvalue weighted by Gasteiger charge is -2.46. The van der Waals surface area contributed by atoms with Gasteiger partial charge in [0, 0.05) is 35.7 Å². The topological polar surface area (TPSA) is 15.3 Å². The summed E-state index contributed by atoms with van der Waals surface area (Å²) in [6.45, 7) is 5.80. The number of nitrogens with zero attached hydrogens (tertiary/aromatic N) is 1. The highest BCUT2D eigenvalue weighted by Crippen LogP contribution is 2.34. The van der Waals surface area contributed by atoms with Gasteiger partial charge in [-0.1, -0.05) is 54.2 Å². The summed E-state index contributed by atoms with van der Waals surface area (Å²) in [4.78, 5) is 2.74. The summed E-state index contributed by atoms with van der Waals surface area (Å²) >= 11 is 3.53. The van der Waals surface area contributed by atoms with Crippen molar-refractivity contribution in [2.24, 2.45) is 0 Å². The van der Waals surface area contributed by atoms with Crippen LogP contribution in [0.5, 0.6) is 0 Å². The zero-order valence-corrected chi connectivity index (χ0v) is 14.7. The molecule has 0 amide bonds. The van der Waals surface area contributed by atoms with Crippen molar-refractivity contribution in [2.75, 3.05) is 13.1 Å².